The monoisotopic (exact) mass is 413 g/mol. The molecule has 1 aromatic heterocycles. The first-order valence-electron chi connectivity index (χ1n) is 10.2. The molecule has 2 aliphatic rings. The molecule has 1 saturated carbocycles. The number of piperidine rings is 1. The van der Waals surface area contributed by atoms with Gasteiger partial charge in [-0.2, -0.15) is 0 Å². The van der Waals surface area contributed by atoms with E-state index < -0.39 is 5.41 Å². The molecule has 4 rings (SSSR count). The molecule has 1 aliphatic heterocycles. The highest BCUT2D eigenvalue weighted by Gasteiger charge is 2.64. The van der Waals surface area contributed by atoms with Crippen LogP contribution in [0.2, 0.25) is 0 Å². The number of nitrogens with one attached hydrogen (secondary N) is 1. The van der Waals surface area contributed by atoms with Crippen LogP contribution in [0.4, 0.5) is 5.13 Å². The van der Waals surface area contributed by atoms with E-state index >= 15 is 0 Å². The summed E-state index contributed by atoms with van der Waals surface area (Å²) in [5.74, 6) is -0.405. The van der Waals surface area contributed by atoms with E-state index in [9.17, 15) is 14.4 Å². The average molecular weight is 414 g/mol. The lowest BCUT2D eigenvalue weighted by Crippen LogP contribution is -2.59. The Morgan fingerprint density at radius 2 is 2.07 bits per heavy atom. The van der Waals surface area contributed by atoms with Crippen LogP contribution in [-0.2, 0) is 14.4 Å². The quantitative estimate of drug-likeness (QED) is 0.748. The van der Waals surface area contributed by atoms with Gasteiger partial charge in [0.25, 0.3) is 0 Å². The number of nitrogens with zero attached hydrogens (tertiary/aromatic N) is 2. The van der Waals surface area contributed by atoms with Gasteiger partial charge in [0, 0.05) is 18.9 Å². The summed E-state index contributed by atoms with van der Waals surface area (Å²) in [4.78, 5) is 44.0. The smallest absolute Gasteiger partial charge is 0.235 e. The van der Waals surface area contributed by atoms with E-state index in [1.54, 1.807) is 0 Å². The maximum Gasteiger partial charge on any atom is 0.235 e. The summed E-state index contributed by atoms with van der Waals surface area (Å²) in [6, 6.07) is 5.99. The molecule has 0 radical (unpaired) electrons. The van der Waals surface area contributed by atoms with Gasteiger partial charge in [0.15, 0.2) is 5.13 Å². The summed E-state index contributed by atoms with van der Waals surface area (Å²) in [5, 5.41) is 3.42. The molecule has 6 nitrogen and oxygen atoms in total. The minimum absolute atomic E-state index is 0.0723. The number of carbonyl (C=O) groups excluding carboxylic acids is 3. The standard InChI is InChI=1S/C22H27N3O3S/c1-13-7-8-15-16(12-13)29-20(23-15)24-17(26)6-5-11-25-18(27)14-9-10-22(4,19(25)28)21(14,2)3/h7-8,12,14H,5-6,9-11H2,1-4H3,(H,23,24,26). The number of hydrogen-bond acceptors (Lipinski definition) is 5. The second-order valence-electron chi connectivity index (χ2n) is 9.08. The number of hydrogen-bond donors (Lipinski definition) is 1. The van der Waals surface area contributed by atoms with Gasteiger partial charge in [-0.3, -0.25) is 19.3 Å². The number of anilines is 1. The Morgan fingerprint density at radius 1 is 1.31 bits per heavy atom. The molecule has 1 aliphatic carbocycles. The molecule has 29 heavy (non-hydrogen) atoms. The van der Waals surface area contributed by atoms with Crippen LogP contribution in [0.3, 0.4) is 0 Å². The Balaban J connectivity index is 1.35. The maximum absolute atomic E-state index is 13.0. The van der Waals surface area contributed by atoms with Crippen LogP contribution < -0.4 is 5.32 Å². The van der Waals surface area contributed by atoms with E-state index in [0.29, 0.717) is 18.1 Å². The Hall–Kier alpha value is -2.28. The van der Waals surface area contributed by atoms with E-state index in [1.165, 1.54) is 16.2 Å². The van der Waals surface area contributed by atoms with Crippen LogP contribution in [0.25, 0.3) is 10.2 Å². The van der Waals surface area contributed by atoms with Crippen LogP contribution in [-0.4, -0.2) is 34.2 Å². The summed E-state index contributed by atoms with van der Waals surface area (Å²) >= 11 is 1.45. The second-order valence-corrected chi connectivity index (χ2v) is 10.1. The lowest BCUT2D eigenvalue weighted by molar-refractivity contribution is -0.168. The molecule has 7 heteroatoms. The van der Waals surface area contributed by atoms with E-state index in [4.69, 9.17) is 0 Å². The van der Waals surface area contributed by atoms with Crippen molar-refractivity contribution in [1.82, 2.24) is 9.88 Å². The molecule has 1 N–H and O–H groups in total. The Bertz CT molecular complexity index is 1010. The summed E-state index contributed by atoms with van der Waals surface area (Å²) in [5.41, 5.74) is 1.22. The number of benzene rings is 1. The Labute approximate surface area is 174 Å². The van der Waals surface area contributed by atoms with E-state index in [-0.39, 0.29) is 35.5 Å². The van der Waals surface area contributed by atoms with Gasteiger partial charge in [0.05, 0.1) is 15.6 Å². The van der Waals surface area contributed by atoms with Gasteiger partial charge in [-0.05, 0) is 49.3 Å². The summed E-state index contributed by atoms with van der Waals surface area (Å²) in [6.07, 6.45) is 2.22. The van der Waals surface area contributed by atoms with Crippen molar-refractivity contribution >= 4 is 44.4 Å². The third kappa shape index (κ3) is 3.16. The van der Waals surface area contributed by atoms with Crippen molar-refractivity contribution in [3.8, 4) is 0 Å². The molecule has 3 amide bonds. The van der Waals surface area contributed by atoms with Crippen molar-refractivity contribution in [2.75, 3.05) is 11.9 Å². The molecule has 2 heterocycles. The van der Waals surface area contributed by atoms with Crippen LogP contribution in [0.1, 0.15) is 52.0 Å². The van der Waals surface area contributed by atoms with Crippen LogP contribution in [0.5, 0.6) is 0 Å². The van der Waals surface area contributed by atoms with Crippen molar-refractivity contribution in [2.24, 2.45) is 16.7 Å². The SMILES string of the molecule is Cc1ccc2nc(NC(=O)CCCN3C(=O)C4CCC(C)(C3=O)C4(C)C)sc2c1. The maximum atomic E-state index is 13.0. The number of thiazole rings is 1. The lowest BCUT2D eigenvalue weighted by atomic mass is 9.62. The summed E-state index contributed by atoms with van der Waals surface area (Å²) in [7, 11) is 0. The molecule has 2 bridgehead atoms. The molecule has 2 aromatic rings. The first kappa shape index (κ1) is 20.0. The number of aryl methyl sites for hydroxylation is 1. The number of rotatable bonds is 5. The fourth-order valence-electron chi connectivity index (χ4n) is 4.78. The van der Waals surface area contributed by atoms with Crippen molar-refractivity contribution in [2.45, 2.75) is 53.4 Å². The largest absolute Gasteiger partial charge is 0.302 e. The zero-order valence-corrected chi connectivity index (χ0v) is 18.2. The van der Waals surface area contributed by atoms with Crippen LogP contribution in [0, 0.1) is 23.7 Å². The highest BCUT2D eigenvalue weighted by Crippen LogP contribution is 2.60. The molecular weight excluding hydrogens is 386 g/mol. The number of likely N-dealkylation sites (tertiary alicyclic amines) is 1. The number of carbonyl (C=O) groups is 3. The lowest BCUT2D eigenvalue weighted by Gasteiger charge is -2.47. The summed E-state index contributed by atoms with van der Waals surface area (Å²) in [6.45, 7) is 8.37. The first-order valence-corrected chi connectivity index (χ1v) is 11.0. The van der Waals surface area contributed by atoms with Crippen molar-refractivity contribution in [3.63, 3.8) is 0 Å². The zero-order valence-electron chi connectivity index (χ0n) is 17.4. The van der Waals surface area contributed by atoms with Gasteiger partial charge < -0.3 is 5.32 Å². The molecule has 154 valence electrons. The molecule has 2 fully saturated rings. The van der Waals surface area contributed by atoms with Crippen LogP contribution >= 0.6 is 11.3 Å². The molecule has 1 saturated heterocycles. The van der Waals surface area contributed by atoms with Crippen molar-refractivity contribution < 1.29 is 14.4 Å². The number of aromatic nitrogens is 1. The first-order chi connectivity index (χ1) is 13.6. The Morgan fingerprint density at radius 3 is 2.83 bits per heavy atom. The zero-order chi connectivity index (χ0) is 21.0. The number of imide groups is 1. The van der Waals surface area contributed by atoms with E-state index in [0.717, 1.165) is 28.6 Å². The average Bonchev–Trinajstić information content (AvgIpc) is 3.12. The molecule has 2 unspecified atom stereocenters. The topological polar surface area (TPSA) is 79.4 Å². The van der Waals surface area contributed by atoms with Gasteiger partial charge >= 0.3 is 0 Å². The van der Waals surface area contributed by atoms with Crippen molar-refractivity contribution in [3.05, 3.63) is 23.8 Å². The van der Waals surface area contributed by atoms with Crippen molar-refractivity contribution in [1.29, 1.82) is 0 Å². The molecule has 2 atom stereocenters. The predicted molar refractivity (Wildman–Crippen MR) is 114 cm³/mol. The van der Waals surface area contributed by atoms with Gasteiger partial charge in [0.2, 0.25) is 17.7 Å². The van der Waals surface area contributed by atoms with Crippen LogP contribution in [0.15, 0.2) is 18.2 Å². The predicted octanol–water partition coefficient (Wildman–Crippen LogP) is 4.13. The third-order valence-corrected chi connectivity index (χ3v) is 8.02. The third-order valence-electron chi connectivity index (χ3n) is 7.08. The minimum Gasteiger partial charge on any atom is -0.302 e. The van der Waals surface area contributed by atoms with E-state index in [1.807, 2.05) is 45.9 Å². The molecular formula is C22H27N3O3S. The van der Waals surface area contributed by atoms with Gasteiger partial charge in [-0.1, -0.05) is 38.2 Å². The highest BCUT2D eigenvalue weighted by molar-refractivity contribution is 7.22. The van der Waals surface area contributed by atoms with Gasteiger partial charge in [-0.25, -0.2) is 4.98 Å². The summed E-state index contributed by atoms with van der Waals surface area (Å²) < 4.78 is 1.04. The second kappa shape index (κ2) is 6.90. The fourth-order valence-corrected chi connectivity index (χ4v) is 5.76. The van der Waals surface area contributed by atoms with Gasteiger partial charge in [0.1, 0.15) is 0 Å². The molecule has 1 aromatic carbocycles. The minimum atomic E-state index is -0.493. The fraction of sp³-hybridized carbons (Fsp3) is 0.545. The van der Waals surface area contributed by atoms with E-state index in [2.05, 4.69) is 10.3 Å². The normalized spacial score (nSPS) is 25.7. The highest BCUT2D eigenvalue weighted by atomic mass is 32.1. The van der Waals surface area contributed by atoms with Gasteiger partial charge in [-0.15, -0.1) is 0 Å². The number of fused-ring (bicyclic) bond motifs is 3. The number of amides is 3. The molecule has 0 spiro atoms. The Kier molecular flexibility index (Phi) is 4.76.